The lowest BCUT2D eigenvalue weighted by atomic mass is 10.2. The van der Waals surface area contributed by atoms with Crippen LogP contribution in [0.1, 0.15) is 11.1 Å². The van der Waals surface area contributed by atoms with E-state index < -0.39 is 6.61 Å². The number of aryl methyl sites for hydroxylation is 1. The number of ether oxygens (including phenoxy) is 1. The second-order valence-corrected chi connectivity index (χ2v) is 6.95. The SMILES string of the molecule is Cc1cc(I)ccc1NC(=O)CN(C)Cc1cccc(OC(F)F)c1. The normalized spacial score (nSPS) is 11.0. The molecule has 0 aliphatic heterocycles. The summed E-state index contributed by atoms with van der Waals surface area (Å²) in [7, 11) is 1.79. The predicted octanol–water partition coefficient (Wildman–Crippen LogP) is 4.27. The fourth-order valence-corrected chi connectivity index (χ4v) is 3.04. The van der Waals surface area contributed by atoms with Crippen LogP contribution >= 0.6 is 22.6 Å². The van der Waals surface area contributed by atoms with Gasteiger partial charge in [-0.3, -0.25) is 9.69 Å². The lowest BCUT2D eigenvalue weighted by Crippen LogP contribution is -2.30. The highest BCUT2D eigenvalue weighted by molar-refractivity contribution is 14.1. The largest absolute Gasteiger partial charge is 0.435 e. The fraction of sp³-hybridized carbons (Fsp3) is 0.278. The summed E-state index contributed by atoms with van der Waals surface area (Å²) in [5, 5.41) is 2.88. The number of amides is 1. The molecule has 4 nitrogen and oxygen atoms in total. The van der Waals surface area contributed by atoms with Crippen LogP contribution in [0.15, 0.2) is 42.5 Å². The molecule has 0 saturated heterocycles. The molecule has 1 N–H and O–H groups in total. The number of nitrogens with zero attached hydrogens (tertiary/aromatic N) is 1. The first-order valence-corrected chi connectivity index (χ1v) is 8.69. The Hall–Kier alpha value is -1.74. The van der Waals surface area contributed by atoms with Crippen LogP contribution in [0.2, 0.25) is 0 Å². The smallest absolute Gasteiger partial charge is 0.387 e. The highest BCUT2D eigenvalue weighted by atomic mass is 127. The molecule has 25 heavy (non-hydrogen) atoms. The van der Waals surface area contributed by atoms with Gasteiger partial charge >= 0.3 is 6.61 Å². The average Bonchev–Trinajstić information content (AvgIpc) is 2.49. The fourth-order valence-electron chi connectivity index (χ4n) is 2.39. The molecule has 7 heteroatoms. The Labute approximate surface area is 159 Å². The van der Waals surface area contributed by atoms with Crippen molar-refractivity contribution in [3.05, 3.63) is 57.2 Å². The summed E-state index contributed by atoms with van der Waals surface area (Å²) in [5.74, 6) is -0.0216. The van der Waals surface area contributed by atoms with Crippen molar-refractivity contribution in [1.82, 2.24) is 4.90 Å². The molecule has 2 aromatic carbocycles. The van der Waals surface area contributed by atoms with Crippen molar-refractivity contribution in [2.24, 2.45) is 0 Å². The van der Waals surface area contributed by atoms with E-state index in [1.165, 1.54) is 6.07 Å². The van der Waals surface area contributed by atoms with Crippen molar-refractivity contribution in [3.63, 3.8) is 0 Å². The number of carbonyl (C=O) groups is 1. The van der Waals surface area contributed by atoms with E-state index >= 15 is 0 Å². The average molecular weight is 460 g/mol. The van der Waals surface area contributed by atoms with E-state index in [9.17, 15) is 13.6 Å². The third-order valence-corrected chi connectivity index (χ3v) is 4.12. The first-order valence-electron chi connectivity index (χ1n) is 7.62. The van der Waals surface area contributed by atoms with Crippen molar-refractivity contribution in [3.8, 4) is 5.75 Å². The van der Waals surface area contributed by atoms with Gasteiger partial charge in [0.15, 0.2) is 0 Å². The predicted molar refractivity (Wildman–Crippen MR) is 102 cm³/mol. The Kier molecular flexibility index (Phi) is 7.12. The van der Waals surface area contributed by atoms with Gasteiger partial charge in [-0.15, -0.1) is 0 Å². The maximum absolute atomic E-state index is 12.3. The van der Waals surface area contributed by atoms with Gasteiger partial charge in [0.05, 0.1) is 6.54 Å². The van der Waals surface area contributed by atoms with Crippen LogP contribution in [0, 0.1) is 10.5 Å². The molecule has 0 spiro atoms. The van der Waals surface area contributed by atoms with E-state index in [0.29, 0.717) is 6.54 Å². The summed E-state index contributed by atoms with van der Waals surface area (Å²) < 4.78 is 30.0. The number of likely N-dealkylation sites (N-methyl/N-ethyl adjacent to an activating group) is 1. The number of rotatable bonds is 7. The number of hydrogen-bond donors (Lipinski definition) is 1. The second-order valence-electron chi connectivity index (χ2n) is 5.71. The molecule has 0 aromatic heterocycles. The zero-order valence-corrected chi connectivity index (χ0v) is 16.1. The standard InChI is InChI=1S/C18H19F2IN2O2/c1-12-8-14(21)6-7-16(12)22-17(24)11-23(2)10-13-4-3-5-15(9-13)25-18(19)20/h3-9,18H,10-11H2,1-2H3,(H,22,24). The zero-order chi connectivity index (χ0) is 18.4. The zero-order valence-electron chi connectivity index (χ0n) is 13.9. The van der Waals surface area contributed by atoms with Crippen LogP contribution in [0.3, 0.4) is 0 Å². The number of alkyl halides is 2. The lowest BCUT2D eigenvalue weighted by molar-refractivity contribution is -0.117. The summed E-state index contributed by atoms with van der Waals surface area (Å²) in [6, 6.07) is 12.3. The van der Waals surface area contributed by atoms with Gasteiger partial charge in [0.25, 0.3) is 0 Å². The van der Waals surface area contributed by atoms with Gasteiger partial charge in [-0.2, -0.15) is 8.78 Å². The van der Waals surface area contributed by atoms with Crippen LogP contribution in [-0.2, 0) is 11.3 Å². The van der Waals surface area contributed by atoms with Crippen molar-refractivity contribution in [1.29, 1.82) is 0 Å². The van der Waals surface area contributed by atoms with Crippen LogP contribution < -0.4 is 10.1 Å². The van der Waals surface area contributed by atoms with E-state index in [2.05, 4.69) is 32.6 Å². The molecule has 0 fully saturated rings. The van der Waals surface area contributed by atoms with Crippen LogP contribution in [-0.4, -0.2) is 31.0 Å². The lowest BCUT2D eigenvalue weighted by Gasteiger charge is -2.17. The summed E-state index contributed by atoms with van der Waals surface area (Å²) in [5.41, 5.74) is 2.57. The summed E-state index contributed by atoms with van der Waals surface area (Å²) in [4.78, 5) is 14.0. The second kappa shape index (κ2) is 9.10. The molecule has 0 bridgehead atoms. The topological polar surface area (TPSA) is 41.6 Å². The number of hydrogen-bond acceptors (Lipinski definition) is 3. The molecule has 2 aromatic rings. The van der Waals surface area contributed by atoms with Gasteiger partial charge in [0.2, 0.25) is 5.91 Å². The molecule has 1 amide bonds. The van der Waals surface area contributed by atoms with Crippen molar-refractivity contribution in [2.45, 2.75) is 20.1 Å². The highest BCUT2D eigenvalue weighted by Crippen LogP contribution is 2.18. The van der Waals surface area contributed by atoms with Crippen molar-refractivity contribution in [2.75, 3.05) is 18.9 Å². The van der Waals surface area contributed by atoms with Gasteiger partial charge in [-0.05, 0) is 78.0 Å². The first kappa shape index (κ1) is 19.6. The number of carbonyl (C=O) groups excluding carboxylic acids is 1. The molecule has 0 saturated carbocycles. The van der Waals surface area contributed by atoms with E-state index in [1.807, 2.05) is 25.1 Å². The number of halogens is 3. The third kappa shape index (κ3) is 6.58. The molecule has 0 unspecified atom stereocenters. The summed E-state index contributed by atoms with van der Waals surface area (Å²) in [6.45, 7) is -0.281. The van der Waals surface area contributed by atoms with Crippen molar-refractivity contribution >= 4 is 34.2 Å². The van der Waals surface area contributed by atoms with E-state index in [0.717, 1.165) is 20.4 Å². The summed E-state index contributed by atoms with van der Waals surface area (Å²) >= 11 is 2.22. The molecule has 0 aliphatic rings. The monoisotopic (exact) mass is 460 g/mol. The Balaban J connectivity index is 1.91. The van der Waals surface area contributed by atoms with Crippen LogP contribution in [0.25, 0.3) is 0 Å². The van der Waals surface area contributed by atoms with Gasteiger partial charge in [0.1, 0.15) is 5.75 Å². The van der Waals surface area contributed by atoms with E-state index in [-0.39, 0.29) is 18.2 Å². The Morgan fingerprint density at radius 1 is 1.28 bits per heavy atom. The van der Waals surface area contributed by atoms with Crippen LogP contribution in [0.4, 0.5) is 14.5 Å². The third-order valence-electron chi connectivity index (χ3n) is 3.45. The maximum atomic E-state index is 12.3. The van der Waals surface area contributed by atoms with Crippen molar-refractivity contribution < 1.29 is 18.3 Å². The minimum absolute atomic E-state index is 0.111. The van der Waals surface area contributed by atoms with Gasteiger partial charge in [-0.1, -0.05) is 12.1 Å². The molecule has 0 radical (unpaired) electrons. The van der Waals surface area contributed by atoms with Gasteiger partial charge < -0.3 is 10.1 Å². The molecule has 2 rings (SSSR count). The van der Waals surface area contributed by atoms with Gasteiger partial charge in [-0.25, -0.2) is 0 Å². The Morgan fingerprint density at radius 2 is 2.04 bits per heavy atom. The Morgan fingerprint density at radius 3 is 2.72 bits per heavy atom. The number of nitrogens with one attached hydrogen (secondary N) is 1. The van der Waals surface area contributed by atoms with Crippen LogP contribution in [0.5, 0.6) is 5.75 Å². The first-order chi connectivity index (χ1) is 11.8. The quantitative estimate of drug-likeness (QED) is 0.628. The minimum atomic E-state index is -2.85. The van der Waals surface area contributed by atoms with E-state index in [4.69, 9.17) is 0 Å². The number of anilines is 1. The molecular formula is C18H19F2IN2O2. The molecular weight excluding hydrogens is 441 g/mol. The molecule has 0 atom stereocenters. The molecule has 0 heterocycles. The maximum Gasteiger partial charge on any atom is 0.387 e. The molecule has 0 aliphatic carbocycles. The highest BCUT2D eigenvalue weighted by Gasteiger charge is 2.10. The molecule has 134 valence electrons. The van der Waals surface area contributed by atoms with E-state index in [1.54, 1.807) is 30.1 Å². The Bertz CT molecular complexity index is 741. The number of benzene rings is 2. The minimum Gasteiger partial charge on any atom is -0.435 e. The van der Waals surface area contributed by atoms with Gasteiger partial charge in [0, 0.05) is 15.8 Å². The summed E-state index contributed by atoms with van der Waals surface area (Å²) in [6.07, 6.45) is 0.